The predicted molar refractivity (Wildman–Crippen MR) is 77.4 cm³/mol. The van der Waals surface area contributed by atoms with E-state index in [9.17, 15) is 0 Å². The van der Waals surface area contributed by atoms with Gasteiger partial charge in [-0.1, -0.05) is 33.2 Å². The third-order valence-electron chi connectivity index (χ3n) is 3.46. The van der Waals surface area contributed by atoms with E-state index in [2.05, 4.69) is 43.5 Å². The molecule has 1 saturated heterocycles. The molecular formula is C14H16BrN3O2. The number of nitrogens with zero attached hydrogens (tertiary/aromatic N) is 2. The van der Waals surface area contributed by atoms with Crippen molar-refractivity contribution in [1.82, 2.24) is 15.5 Å². The van der Waals surface area contributed by atoms with Gasteiger partial charge in [0.05, 0.1) is 12.1 Å². The molecule has 1 fully saturated rings. The summed E-state index contributed by atoms with van der Waals surface area (Å²) in [5, 5.41) is 7.39. The minimum atomic E-state index is 0.101. The summed E-state index contributed by atoms with van der Waals surface area (Å²) in [7, 11) is 1.72. The van der Waals surface area contributed by atoms with E-state index < -0.39 is 0 Å². The van der Waals surface area contributed by atoms with Crippen molar-refractivity contribution in [3.05, 3.63) is 46.0 Å². The predicted octanol–water partition coefficient (Wildman–Crippen LogP) is 2.47. The van der Waals surface area contributed by atoms with Gasteiger partial charge in [0, 0.05) is 24.5 Å². The van der Waals surface area contributed by atoms with Gasteiger partial charge in [-0.3, -0.25) is 0 Å². The van der Waals surface area contributed by atoms with Crippen LogP contribution >= 0.6 is 15.9 Å². The topological polar surface area (TPSA) is 60.2 Å². The highest BCUT2D eigenvalue weighted by molar-refractivity contribution is 9.10. The molecule has 2 atom stereocenters. The van der Waals surface area contributed by atoms with Crippen molar-refractivity contribution in [2.24, 2.45) is 0 Å². The van der Waals surface area contributed by atoms with Crippen LogP contribution in [0.25, 0.3) is 0 Å². The zero-order valence-corrected chi connectivity index (χ0v) is 12.8. The molecule has 1 N–H and O–H groups in total. The summed E-state index contributed by atoms with van der Waals surface area (Å²) in [6.07, 6.45) is 1.76. The molecule has 3 rings (SSSR count). The molecule has 1 aromatic carbocycles. The second-order valence-electron chi connectivity index (χ2n) is 4.91. The number of benzene rings is 1. The average Bonchev–Trinajstić information content (AvgIpc) is 3.07. The maximum atomic E-state index is 5.35. The molecule has 2 heterocycles. The summed E-state index contributed by atoms with van der Waals surface area (Å²) in [5.74, 6) is 1.36. The first kappa shape index (κ1) is 13.7. The molecule has 6 heteroatoms. The van der Waals surface area contributed by atoms with Gasteiger partial charge in [0.2, 0.25) is 5.89 Å². The Bertz CT molecular complexity index is 587. The van der Waals surface area contributed by atoms with Gasteiger partial charge < -0.3 is 14.6 Å². The van der Waals surface area contributed by atoms with Crippen LogP contribution < -0.4 is 5.32 Å². The molecule has 0 aliphatic carbocycles. The van der Waals surface area contributed by atoms with E-state index in [1.54, 1.807) is 7.11 Å². The molecule has 0 spiro atoms. The summed E-state index contributed by atoms with van der Waals surface area (Å²) in [4.78, 5) is 4.47. The quantitative estimate of drug-likeness (QED) is 0.928. The molecule has 0 saturated carbocycles. The average molecular weight is 338 g/mol. The summed E-state index contributed by atoms with van der Waals surface area (Å²) < 4.78 is 11.7. The normalized spacial score (nSPS) is 22.3. The Balaban J connectivity index is 1.68. The molecule has 1 aromatic heterocycles. The molecule has 20 heavy (non-hydrogen) atoms. The van der Waals surface area contributed by atoms with Gasteiger partial charge in [-0.2, -0.15) is 4.98 Å². The van der Waals surface area contributed by atoms with Crippen molar-refractivity contribution < 1.29 is 9.26 Å². The second-order valence-corrected chi connectivity index (χ2v) is 5.83. The Morgan fingerprint density at radius 3 is 3.15 bits per heavy atom. The minimum absolute atomic E-state index is 0.101. The van der Waals surface area contributed by atoms with Gasteiger partial charge in [-0.05, 0) is 24.1 Å². The fourth-order valence-corrected chi connectivity index (χ4v) is 2.83. The number of ether oxygens (including phenoxy) is 1. The summed E-state index contributed by atoms with van der Waals surface area (Å²) in [6.45, 7) is 0.824. The monoisotopic (exact) mass is 337 g/mol. The molecular weight excluding hydrogens is 322 g/mol. The standard InChI is InChI=1S/C14H16BrN3O2/c1-19-11-7-12(16-8-11)14-17-13(18-20-14)6-9-3-2-4-10(15)5-9/h2-5,11-12,16H,6-8H2,1H3. The van der Waals surface area contributed by atoms with Crippen molar-refractivity contribution in [3.63, 3.8) is 0 Å². The first-order valence-electron chi connectivity index (χ1n) is 6.57. The Hall–Kier alpha value is -1.24. The van der Waals surface area contributed by atoms with Gasteiger partial charge in [-0.25, -0.2) is 0 Å². The van der Waals surface area contributed by atoms with Crippen LogP contribution in [-0.4, -0.2) is 29.9 Å². The van der Waals surface area contributed by atoms with Gasteiger partial charge in [0.1, 0.15) is 0 Å². The smallest absolute Gasteiger partial charge is 0.243 e. The highest BCUT2D eigenvalue weighted by atomic mass is 79.9. The van der Waals surface area contributed by atoms with Crippen molar-refractivity contribution in [2.45, 2.75) is 25.0 Å². The van der Waals surface area contributed by atoms with Gasteiger partial charge >= 0.3 is 0 Å². The molecule has 1 aliphatic heterocycles. The Kier molecular flexibility index (Phi) is 4.14. The Morgan fingerprint density at radius 1 is 1.50 bits per heavy atom. The highest BCUT2D eigenvalue weighted by Gasteiger charge is 2.29. The van der Waals surface area contributed by atoms with Crippen LogP contribution in [0.2, 0.25) is 0 Å². The molecule has 2 unspecified atom stereocenters. The van der Waals surface area contributed by atoms with Crippen LogP contribution in [0.3, 0.4) is 0 Å². The van der Waals surface area contributed by atoms with Crippen LogP contribution in [0.1, 0.15) is 29.7 Å². The van der Waals surface area contributed by atoms with E-state index in [1.807, 2.05) is 12.1 Å². The lowest BCUT2D eigenvalue weighted by atomic mass is 10.1. The van der Waals surface area contributed by atoms with E-state index in [1.165, 1.54) is 0 Å². The highest BCUT2D eigenvalue weighted by Crippen LogP contribution is 2.23. The van der Waals surface area contributed by atoms with E-state index >= 15 is 0 Å². The largest absolute Gasteiger partial charge is 0.380 e. The number of hydrogen-bond acceptors (Lipinski definition) is 5. The fourth-order valence-electron chi connectivity index (χ4n) is 2.38. The molecule has 1 aliphatic rings. The van der Waals surface area contributed by atoms with Crippen molar-refractivity contribution >= 4 is 15.9 Å². The number of hydrogen-bond donors (Lipinski definition) is 1. The molecule has 0 bridgehead atoms. The zero-order valence-electron chi connectivity index (χ0n) is 11.2. The van der Waals surface area contributed by atoms with Crippen LogP contribution in [-0.2, 0) is 11.2 Å². The maximum absolute atomic E-state index is 5.35. The zero-order chi connectivity index (χ0) is 13.9. The lowest BCUT2D eigenvalue weighted by Crippen LogP contribution is -2.16. The van der Waals surface area contributed by atoms with E-state index in [-0.39, 0.29) is 12.1 Å². The lowest BCUT2D eigenvalue weighted by Gasteiger charge is -2.04. The SMILES string of the molecule is COC1CNC(c2nc(Cc3cccc(Br)c3)no2)C1. The van der Waals surface area contributed by atoms with Crippen molar-refractivity contribution in [2.75, 3.05) is 13.7 Å². The number of nitrogens with one attached hydrogen (secondary N) is 1. The van der Waals surface area contributed by atoms with Crippen molar-refractivity contribution in [3.8, 4) is 0 Å². The van der Waals surface area contributed by atoms with E-state index in [0.717, 1.165) is 23.0 Å². The van der Waals surface area contributed by atoms with E-state index in [4.69, 9.17) is 9.26 Å². The van der Waals surface area contributed by atoms with Crippen LogP contribution in [0.5, 0.6) is 0 Å². The van der Waals surface area contributed by atoms with Crippen LogP contribution in [0.15, 0.2) is 33.3 Å². The fraction of sp³-hybridized carbons (Fsp3) is 0.429. The molecule has 0 amide bonds. The van der Waals surface area contributed by atoms with Gasteiger partial charge in [0.25, 0.3) is 0 Å². The number of halogens is 1. The Morgan fingerprint density at radius 2 is 2.40 bits per heavy atom. The second kappa shape index (κ2) is 6.03. The number of aromatic nitrogens is 2. The third-order valence-corrected chi connectivity index (χ3v) is 3.95. The summed E-state index contributed by atoms with van der Waals surface area (Å²) in [5.41, 5.74) is 1.15. The molecule has 0 radical (unpaired) electrons. The number of rotatable bonds is 4. The molecule has 5 nitrogen and oxygen atoms in total. The first-order chi connectivity index (χ1) is 9.74. The van der Waals surface area contributed by atoms with Gasteiger partial charge in [0.15, 0.2) is 5.82 Å². The summed E-state index contributed by atoms with van der Waals surface area (Å²) >= 11 is 3.46. The van der Waals surface area contributed by atoms with Gasteiger partial charge in [-0.15, -0.1) is 0 Å². The van der Waals surface area contributed by atoms with E-state index in [0.29, 0.717) is 18.1 Å². The maximum Gasteiger partial charge on any atom is 0.243 e. The van der Waals surface area contributed by atoms with Crippen LogP contribution in [0, 0.1) is 0 Å². The number of methoxy groups -OCH3 is 1. The third kappa shape index (κ3) is 3.08. The van der Waals surface area contributed by atoms with Crippen LogP contribution in [0.4, 0.5) is 0 Å². The summed E-state index contributed by atoms with van der Waals surface area (Å²) in [6, 6.07) is 8.21. The molecule has 2 aromatic rings. The lowest BCUT2D eigenvalue weighted by molar-refractivity contribution is 0.116. The van der Waals surface area contributed by atoms with Crippen molar-refractivity contribution in [1.29, 1.82) is 0 Å². The first-order valence-corrected chi connectivity index (χ1v) is 7.37. The molecule has 106 valence electrons. The minimum Gasteiger partial charge on any atom is -0.380 e. The Labute approximate surface area is 125 Å².